The Labute approximate surface area is 188 Å². The lowest BCUT2D eigenvalue weighted by Crippen LogP contribution is -1.86. The van der Waals surface area contributed by atoms with Crippen LogP contribution in [0.4, 0.5) is 0 Å². The van der Waals surface area contributed by atoms with Gasteiger partial charge in [0.15, 0.2) is 0 Å². The highest BCUT2D eigenvalue weighted by molar-refractivity contribution is 5.48. The van der Waals surface area contributed by atoms with Crippen LogP contribution in [0.1, 0.15) is 79.3 Å². The predicted octanol–water partition coefficient (Wildman–Crippen LogP) is 7.56. The normalized spacial score (nSPS) is 10.0. The van der Waals surface area contributed by atoms with E-state index in [1.165, 1.54) is 49.7 Å². The minimum atomic E-state index is 1.01. The van der Waals surface area contributed by atoms with E-state index in [1.807, 2.05) is 24.3 Å². The Kier molecular flexibility index (Phi) is 9.04. The molecule has 0 heteroatoms. The van der Waals surface area contributed by atoms with Gasteiger partial charge in [-0.15, -0.1) is 0 Å². The maximum Gasteiger partial charge on any atom is 0.0249 e. The third kappa shape index (κ3) is 7.85. The molecule has 0 saturated heterocycles. The van der Waals surface area contributed by atoms with E-state index in [9.17, 15) is 0 Å². The van der Waals surface area contributed by atoms with Gasteiger partial charge in [0.25, 0.3) is 0 Å². The molecule has 0 spiro atoms. The van der Waals surface area contributed by atoms with E-state index in [1.54, 1.807) is 0 Å². The minimum Gasteiger partial charge on any atom is -0.0654 e. The van der Waals surface area contributed by atoms with Gasteiger partial charge < -0.3 is 0 Å². The van der Waals surface area contributed by atoms with E-state index in [2.05, 4.69) is 86.1 Å². The molecule has 0 aromatic heterocycles. The molecule has 0 radical (unpaired) electrons. The highest BCUT2D eigenvalue weighted by Crippen LogP contribution is 2.10. The van der Waals surface area contributed by atoms with Gasteiger partial charge in [0.05, 0.1) is 0 Å². The molecule has 0 unspecified atom stereocenters. The van der Waals surface area contributed by atoms with E-state index in [4.69, 9.17) is 0 Å². The van der Waals surface area contributed by atoms with Crippen LogP contribution in [0.5, 0.6) is 0 Å². The first-order valence-corrected chi connectivity index (χ1v) is 11.6. The summed E-state index contributed by atoms with van der Waals surface area (Å²) in [5.74, 6) is 13.0. The van der Waals surface area contributed by atoms with Crippen LogP contribution < -0.4 is 0 Å². The molecule has 0 saturated carbocycles. The van der Waals surface area contributed by atoms with E-state index >= 15 is 0 Å². The first-order chi connectivity index (χ1) is 15.3. The molecule has 3 aromatic carbocycles. The second kappa shape index (κ2) is 12.5. The third-order valence-corrected chi connectivity index (χ3v) is 5.35. The largest absolute Gasteiger partial charge is 0.0654 e. The van der Waals surface area contributed by atoms with Gasteiger partial charge in [-0.3, -0.25) is 0 Å². The summed E-state index contributed by atoms with van der Waals surface area (Å²) in [7, 11) is 0. The number of benzene rings is 3. The van der Waals surface area contributed by atoms with Crippen molar-refractivity contribution in [1.29, 1.82) is 0 Å². The molecular weight excluding hydrogens is 372 g/mol. The average molecular weight is 405 g/mol. The number of unbranched alkanes of at least 4 members (excludes halogenated alkanes) is 3. The minimum absolute atomic E-state index is 1.01. The lowest BCUT2D eigenvalue weighted by Gasteiger charge is -2.01. The van der Waals surface area contributed by atoms with Gasteiger partial charge in [-0.1, -0.05) is 87.5 Å². The Morgan fingerprint density at radius 2 is 0.806 bits per heavy atom. The van der Waals surface area contributed by atoms with Gasteiger partial charge in [0.2, 0.25) is 0 Å². The molecule has 0 aliphatic carbocycles. The first-order valence-electron chi connectivity index (χ1n) is 11.6. The Hall–Kier alpha value is -3.22. The second-order valence-electron chi connectivity index (χ2n) is 8.03. The van der Waals surface area contributed by atoms with Gasteiger partial charge in [0.1, 0.15) is 0 Å². The van der Waals surface area contributed by atoms with Crippen LogP contribution >= 0.6 is 0 Å². The molecule has 3 aromatic rings. The van der Waals surface area contributed by atoms with Gasteiger partial charge >= 0.3 is 0 Å². The third-order valence-electron chi connectivity index (χ3n) is 5.35. The van der Waals surface area contributed by atoms with Crippen molar-refractivity contribution in [2.24, 2.45) is 0 Å². The molecule has 156 valence electrons. The second-order valence-corrected chi connectivity index (χ2v) is 8.03. The fraction of sp³-hybridized carbons (Fsp3) is 0.290. The molecule has 0 fully saturated rings. The van der Waals surface area contributed by atoms with Crippen LogP contribution in [0.15, 0.2) is 72.8 Å². The van der Waals surface area contributed by atoms with Gasteiger partial charge in [-0.25, -0.2) is 0 Å². The lowest BCUT2D eigenvalue weighted by molar-refractivity contribution is 0.667. The molecule has 0 heterocycles. The van der Waals surface area contributed by atoms with Crippen molar-refractivity contribution < 1.29 is 0 Å². The highest BCUT2D eigenvalue weighted by Gasteiger charge is 1.95. The Morgan fingerprint density at radius 1 is 0.419 bits per heavy atom. The van der Waals surface area contributed by atoms with Crippen LogP contribution in [-0.2, 0) is 12.8 Å². The summed E-state index contributed by atoms with van der Waals surface area (Å²) in [5.41, 5.74) is 6.92. The molecule has 3 rings (SSSR count). The number of rotatable bonds is 7. The van der Waals surface area contributed by atoms with Crippen molar-refractivity contribution in [2.45, 2.75) is 58.8 Å². The summed E-state index contributed by atoms with van der Waals surface area (Å²) in [6, 6.07) is 25.4. The van der Waals surface area contributed by atoms with Crippen molar-refractivity contribution in [3.05, 3.63) is 106 Å². The summed E-state index contributed by atoms with van der Waals surface area (Å²) in [6.45, 7) is 4.45. The van der Waals surface area contributed by atoms with Crippen LogP contribution in [-0.4, -0.2) is 0 Å². The van der Waals surface area contributed by atoms with Crippen molar-refractivity contribution in [2.75, 3.05) is 0 Å². The molecule has 0 aliphatic rings. The first kappa shape index (κ1) is 22.5. The zero-order chi connectivity index (χ0) is 21.7. The van der Waals surface area contributed by atoms with Crippen molar-refractivity contribution in [3.63, 3.8) is 0 Å². The SMILES string of the molecule is CCCCCCc1ccc(C#Cc2ccc(C#Cc3ccc(CCC)cc3)cc2)cc1. The molecular formula is C31H32. The standard InChI is InChI=1S/C31H32/c1-3-5-6-7-9-27-12-16-29(17-13-27)19-21-31-24-22-30(23-25-31)20-18-28-14-10-26(8-4-2)11-15-28/h10-17,22-25H,3-9H2,1-2H3. The summed E-state index contributed by atoms with van der Waals surface area (Å²) in [6.07, 6.45) is 8.68. The number of hydrogen-bond acceptors (Lipinski definition) is 0. The molecule has 0 N–H and O–H groups in total. The van der Waals surface area contributed by atoms with Crippen LogP contribution in [0, 0.1) is 23.7 Å². The summed E-state index contributed by atoms with van der Waals surface area (Å²) in [5, 5.41) is 0. The molecule has 0 aliphatic heterocycles. The van der Waals surface area contributed by atoms with Gasteiger partial charge in [-0.05, 0) is 78.9 Å². The van der Waals surface area contributed by atoms with Crippen molar-refractivity contribution >= 4 is 0 Å². The van der Waals surface area contributed by atoms with Crippen LogP contribution in [0.25, 0.3) is 0 Å². The zero-order valence-electron chi connectivity index (χ0n) is 18.9. The smallest absolute Gasteiger partial charge is 0.0249 e. The Bertz CT molecular complexity index is 1040. The van der Waals surface area contributed by atoms with E-state index in [0.29, 0.717) is 0 Å². The number of hydrogen-bond donors (Lipinski definition) is 0. The Balaban J connectivity index is 1.56. The van der Waals surface area contributed by atoms with Gasteiger partial charge in [0, 0.05) is 22.3 Å². The van der Waals surface area contributed by atoms with Crippen molar-refractivity contribution in [3.8, 4) is 23.7 Å². The molecule has 0 amide bonds. The van der Waals surface area contributed by atoms with Gasteiger partial charge in [-0.2, -0.15) is 0 Å². The summed E-state index contributed by atoms with van der Waals surface area (Å²) in [4.78, 5) is 0. The zero-order valence-corrected chi connectivity index (χ0v) is 18.9. The predicted molar refractivity (Wildman–Crippen MR) is 133 cm³/mol. The maximum atomic E-state index is 3.27. The highest BCUT2D eigenvalue weighted by atomic mass is 14.0. The maximum absolute atomic E-state index is 3.27. The molecule has 0 bridgehead atoms. The quantitative estimate of drug-likeness (QED) is 0.281. The monoisotopic (exact) mass is 404 g/mol. The van der Waals surface area contributed by atoms with E-state index in [-0.39, 0.29) is 0 Å². The molecule has 0 nitrogen and oxygen atoms in total. The fourth-order valence-corrected chi connectivity index (χ4v) is 3.48. The van der Waals surface area contributed by atoms with Crippen molar-refractivity contribution in [1.82, 2.24) is 0 Å². The molecule has 31 heavy (non-hydrogen) atoms. The topological polar surface area (TPSA) is 0 Å². The van der Waals surface area contributed by atoms with E-state index < -0.39 is 0 Å². The fourth-order valence-electron chi connectivity index (χ4n) is 3.48. The number of aryl methyl sites for hydroxylation is 2. The molecule has 0 atom stereocenters. The van der Waals surface area contributed by atoms with Crippen LogP contribution in [0.3, 0.4) is 0 Å². The van der Waals surface area contributed by atoms with E-state index in [0.717, 1.165) is 28.7 Å². The summed E-state index contributed by atoms with van der Waals surface area (Å²) < 4.78 is 0. The average Bonchev–Trinajstić information content (AvgIpc) is 2.82. The Morgan fingerprint density at radius 3 is 1.19 bits per heavy atom. The lowest BCUT2D eigenvalue weighted by atomic mass is 10.0. The summed E-state index contributed by atoms with van der Waals surface area (Å²) >= 11 is 0. The van der Waals surface area contributed by atoms with Crippen LogP contribution in [0.2, 0.25) is 0 Å².